The number of likely N-dealkylation sites (tertiary alicyclic amines) is 1. The summed E-state index contributed by atoms with van der Waals surface area (Å²) in [6, 6.07) is 0.808. The molecule has 2 heterocycles. The molecule has 2 unspecified atom stereocenters. The van der Waals surface area contributed by atoms with Crippen LogP contribution in [-0.4, -0.2) is 62.2 Å². The molecule has 3 heteroatoms. The van der Waals surface area contributed by atoms with Crippen molar-refractivity contribution in [2.24, 2.45) is 5.41 Å². The second kappa shape index (κ2) is 7.05. The minimum absolute atomic E-state index is 0.555. The summed E-state index contributed by atoms with van der Waals surface area (Å²) in [4.78, 5) is 5.27. The van der Waals surface area contributed by atoms with Gasteiger partial charge in [0.15, 0.2) is 0 Å². The summed E-state index contributed by atoms with van der Waals surface area (Å²) in [5.41, 5.74) is 0.555. The van der Waals surface area contributed by atoms with Crippen LogP contribution in [0.4, 0.5) is 0 Å². The average molecular weight is 267 g/mol. The van der Waals surface area contributed by atoms with Crippen LogP contribution in [0.1, 0.15) is 46.0 Å². The quantitative estimate of drug-likeness (QED) is 0.763. The van der Waals surface area contributed by atoms with E-state index in [4.69, 9.17) is 0 Å². The molecule has 0 aliphatic carbocycles. The third-order valence-corrected chi connectivity index (χ3v) is 5.15. The summed E-state index contributed by atoms with van der Waals surface area (Å²) in [6.07, 6.45) is 6.87. The molecule has 2 aliphatic heterocycles. The van der Waals surface area contributed by atoms with Gasteiger partial charge in [-0.1, -0.05) is 20.3 Å². The number of likely N-dealkylation sites (N-methyl/N-ethyl adjacent to an activating group) is 2. The number of hydrogen-bond donors (Lipinski definition) is 1. The molecule has 2 saturated heterocycles. The zero-order chi connectivity index (χ0) is 13.7. The van der Waals surface area contributed by atoms with Gasteiger partial charge in [0.2, 0.25) is 0 Å². The maximum absolute atomic E-state index is 3.58. The van der Waals surface area contributed by atoms with Gasteiger partial charge in [-0.05, 0) is 57.8 Å². The molecule has 2 aliphatic rings. The smallest absolute Gasteiger partial charge is 0.0223 e. The monoisotopic (exact) mass is 267 g/mol. The molecule has 2 rings (SSSR count). The van der Waals surface area contributed by atoms with E-state index in [9.17, 15) is 0 Å². The molecule has 0 spiro atoms. The predicted molar refractivity (Wildman–Crippen MR) is 82.6 cm³/mol. The topological polar surface area (TPSA) is 18.5 Å². The molecule has 3 nitrogen and oxygen atoms in total. The molecule has 0 amide bonds. The first kappa shape index (κ1) is 15.3. The molecule has 1 N–H and O–H groups in total. The Bertz CT molecular complexity index is 261. The molecule has 0 aromatic carbocycles. The van der Waals surface area contributed by atoms with Crippen molar-refractivity contribution in [1.29, 1.82) is 0 Å². The summed E-state index contributed by atoms with van der Waals surface area (Å²) >= 11 is 0. The Labute approximate surface area is 119 Å². The van der Waals surface area contributed by atoms with Crippen molar-refractivity contribution in [2.75, 3.05) is 46.3 Å². The Balaban J connectivity index is 1.83. The van der Waals surface area contributed by atoms with Crippen LogP contribution >= 0.6 is 0 Å². The van der Waals surface area contributed by atoms with Crippen LogP contribution in [0.25, 0.3) is 0 Å². The lowest BCUT2D eigenvalue weighted by Gasteiger charge is -2.35. The third-order valence-electron chi connectivity index (χ3n) is 5.15. The van der Waals surface area contributed by atoms with Gasteiger partial charge in [-0.3, -0.25) is 4.90 Å². The summed E-state index contributed by atoms with van der Waals surface area (Å²) in [5, 5.41) is 3.58. The van der Waals surface area contributed by atoms with Gasteiger partial charge in [0.25, 0.3) is 0 Å². The van der Waals surface area contributed by atoms with E-state index in [1.165, 1.54) is 71.4 Å². The Morgan fingerprint density at radius 1 is 1.37 bits per heavy atom. The molecule has 0 saturated carbocycles. The molecular weight excluding hydrogens is 234 g/mol. The lowest BCUT2D eigenvalue weighted by atomic mass is 9.82. The lowest BCUT2D eigenvalue weighted by molar-refractivity contribution is 0.139. The van der Waals surface area contributed by atoms with Gasteiger partial charge in [-0.15, -0.1) is 0 Å². The number of nitrogens with one attached hydrogen (secondary N) is 1. The summed E-state index contributed by atoms with van der Waals surface area (Å²) < 4.78 is 0. The van der Waals surface area contributed by atoms with Gasteiger partial charge < -0.3 is 10.2 Å². The van der Waals surface area contributed by atoms with Gasteiger partial charge >= 0.3 is 0 Å². The van der Waals surface area contributed by atoms with Crippen LogP contribution in [0.2, 0.25) is 0 Å². The maximum atomic E-state index is 3.58. The molecular formula is C16H33N3. The SMILES string of the molecule is CCCC1(CN(C)CC2CCCN2CC)CCNC1. The highest BCUT2D eigenvalue weighted by Gasteiger charge is 2.34. The van der Waals surface area contributed by atoms with E-state index in [0.29, 0.717) is 5.41 Å². The first-order chi connectivity index (χ1) is 9.19. The number of nitrogens with zero attached hydrogens (tertiary/aromatic N) is 2. The van der Waals surface area contributed by atoms with Crippen LogP contribution in [0.15, 0.2) is 0 Å². The van der Waals surface area contributed by atoms with E-state index in [1.807, 2.05) is 0 Å². The third kappa shape index (κ3) is 3.93. The molecule has 112 valence electrons. The second-order valence-electron chi connectivity index (χ2n) is 6.80. The van der Waals surface area contributed by atoms with E-state index in [-0.39, 0.29) is 0 Å². The largest absolute Gasteiger partial charge is 0.316 e. The lowest BCUT2D eigenvalue weighted by Crippen LogP contribution is -2.44. The van der Waals surface area contributed by atoms with E-state index in [2.05, 4.69) is 36.0 Å². The Hall–Kier alpha value is -0.120. The van der Waals surface area contributed by atoms with Crippen molar-refractivity contribution in [3.05, 3.63) is 0 Å². The molecule has 2 atom stereocenters. The second-order valence-corrected chi connectivity index (χ2v) is 6.80. The highest BCUT2D eigenvalue weighted by atomic mass is 15.2. The Kier molecular flexibility index (Phi) is 5.67. The van der Waals surface area contributed by atoms with Gasteiger partial charge in [-0.25, -0.2) is 0 Å². The normalized spacial score (nSPS) is 32.5. The van der Waals surface area contributed by atoms with Crippen LogP contribution in [-0.2, 0) is 0 Å². The van der Waals surface area contributed by atoms with Crippen molar-refractivity contribution in [3.63, 3.8) is 0 Å². The van der Waals surface area contributed by atoms with Crippen molar-refractivity contribution in [3.8, 4) is 0 Å². The summed E-state index contributed by atoms with van der Waals surface area (Å²) in [5.74, 6) is 0. The predicted octanol–water partition coefficient (Wildman–Crippen LogP) is 2.18. The Morgan fingerprint density at radius 2 is 2.21 bits per heavy atom. The molecule has 0 aromatic rings. The molecule has 2 fully saturated rings. The number of hydrogen-bond acceptors (Lipinski definition) is 3. The van der Waals surface area contributed by atoms with E-state index >= 15 is 0 Å². The van der Waals surface area contributed by atoms with Crippen LogP contribution in [0, 0.1) is 5.41 Å². The fourth-order valence-electron chi connectivity index (χ4n) is 4.27. The van der Waals surface area contributed by atoms with Gasteiger partial charge in [0.1, 0.15) is 0 Å². The van der Waals surface area contributed by atoms with Crippen LogP contribution in [0.5, 0.6) is 0 Å². The number of rotatable bonds is 7. The zero-order valence-electron chi connectivity index (χ0n) is 13.2. The van der Waals surface area contributed by atoms with Crippen molar-refractivity contribution >= 4 is 0 Å². The first-order valence-electron chi connectivity index (χ1n) is 8.32. The average Bonchev–Trinajstić information content (AvgIpc) is 2.99. The van der Waals surface area contributed by atoms with Crippen LogP contribution in [0.3, 0.4) is 0 Å². The first-order valence-corrected chi connectivity index (χ1v) is 8.32. The maximum Gasteiger partial charge on any atom is 0.0223 e. The van der Waals surface area contributed by atoms with Gasteiger partial charge in [0, 0.05) is 25.7 Å². The minimum Gasteiger partial charge on any atom is -0.316 e. The fraction of sp³-hybridized carbons (Fsp3) is 1.00. The van der Waals surface area contributed by atoms with Gasteiger partial charge in [0.05, 0.1) is 0 Å². The van der Waals surface area contributed by atoms with E-state index in [0.717, 1.165) is 6.04 Å². The molecule has 0 bridgehead atoms. The van der Waals surface area contributed by atoms with Crippen molar-refractivity contribution in [1.82, 2.24) is 15.1 Å². The van der Waals surface area contributed by atoms with E-state index in [1.54, 1.807) is 0 Å². The zero-order valence-corrected chi connectivity index (χ0v) is 13.2. The van der Waals surface area contributed by atoms with E-state index < -0.39 is 0 Å². The summed E-state index contributed by atoms with van der Waals surface area (Å²) in [7, 11) is 2.34. The minimum atomic E-state index is 0.555. The van der Waals surface area contributed by atoms with Gasteiger partial charge in [-0.2, -0.15) is 0 Å². The van der Waals surface area contributed by atoms with Crippen molar-refractivity contribution in [2.45, 2.75) is 52.0 Å². The standard InChI is InChI=1S/C16H33N3/c1-4-8-16(9-10-17-13-16)14-18(3)12-15-7-6-11-19(15)5-2/h15,17H,4-14H2,1-3H3. The summed E-state index contributed by atoms with van der Waals surface area (Å²) in [6.45, 7) is 12.2. The fourth-order valence-corrected chi connectivity index (χ4v) is 4.27. The molecule has 0 aromatic heterocycles. The highest BCUT2D eigenvalue weighted by molar-refractivity contribution is 4.91. The highest BCUT2D eigenvalue weighted by Crippen LogP contribution is 2.32. The Morgan fingerprint density at radius 3 is 2.84 bits per heavy atom. The molecule has 19 heavy (non-hydrogen) atoms. The van der Waals surface area contributed by atoms with Crippen LogP contribution < -0.4 is 5.32 Å². The molecule has 0 radical (unpaired) electrons. The van der Waals surface area contributed by atoms with Crippen molar-refractivity contribution < 1.29 is 0 Å².